The zero-order valence-corrected chi connectivity index (χ0v) is 18.1. The van der Waals surface area contributed by atoms with Crippen LogP contribution in [0.3, 0.4) is 0 Å². The second-order valence-corrected chi connectivity index (χ2v) is 8.46. The van der Waals surface area contributed by atoms with Gasteiger partial charge < -0.3 is 5.32 Å². The van der Waals surface area contributed by atoms with Crippen molar-refractivity contribution in [2.75, 3.05) is 0 Å². The van der Waals surface area contributed by atoms with E-state index in [1.165, 1.54) is 18.6 Å². The maximum atomic E-state index is 13.6. The number of carbonyl (C=O) groups is 1. The molecule has 2 aromatic carbocycles. The van der Waals surface area contributed by atoms with Crippen molar-refractivity contribution in [3.8, 4) is 17.1 Å². The maximum Gasteiger partial charge on any atom is 0.272 e. The highest BCUT2D eigenvalue weighted by Crippen LogP contribution is 2.32. The van der Waals surface area contributed by atoms with E-state index in [0.29, 0.717) is 27.8 Å². The van der Waals surface area contributed by atoms with Gasteiger partial charge in [-0.25, -0.2) is 9.37 Å². The number of amides is 1. The summed E-state index contributed by atoms with van der Waals surface area (Å²) in [5.74, 6) is -0.152. The Bertz CT molecular complexity index is 1070. The van der Waals surface area contributed by atoms with Crippen molar-refractivity contribution in [3.05, 3.63) is 69.7 Å². The van der Waals surface area contributed by atoms with Crippen molar-refractivity contribution in [3.63, 3.8) is 0 Å². The molecule has 0 spiro atoms. The fraction of sp³-hybridized carbons (Fsp3) is 0.304. The number of rotatable bonds is 4. The third kappa shape index (κ3) is 4.23. The predicted octanol–water partition coefficient (Wildman–Crippen LogP) is 6.36. The number of aromatic nitrogens is 2. The van der Waals surface area contributed by atoms with Crippen LogP contribution in [0.15, 0.2) is 42.5 Å². The van der Waals surface area contributed by atoms with E-state index in [0.717, 1.165) is 31.4 Å². The fourth-order valence-corrected chi connectivity index (χ4v) is 4.35. The average Bonchev–Trinajstić information content (AvgIpc) is 3.06. The summed E-state index contributed by atoms with van der Waals surface area (Å²) >= 11 is 12.4. The molecule has 1 aliphatic carbocycles. The predicted molar refractivity (Wildman–Crippen MR) is 118 cm³/mol. The van der Waals surface area contributed by atoms with Crippen LogP contribution in [0, 0.1) is 12.7 Å². The summed E-state index contributed by atoms with van der Waals surface area (Å²) in [4.78, 5) is 17.7. The van der Waals surface area contributed by atoms with Crippen LogP contribution >= 0.6 is 23.2 Å². The number of hydrogen-bond donors (Lipinski definition) is 1. The average molecular weight is 446 g/mol. The van der Waals surface area contributed by atoms with Gasteiger partial charge in [0, 0.05) is 22.3 Å². The summed E-state index contributed by atoms with van der Waals surface area (Å²) in [5, 5.41) is 3.96. The third-order valence-electron chi connectivity index (χ3n) is 5.52. The first-order valence-corrected chi connectivity index (χ1v) is 10.8. The molecule has 7 heteroatoms. The molecule has 156 valence electrons. The fourth-order valence-electron chi connectivity index (χ4n) is 3.97. The molecule has 0 atom stereocenters. The van der Waals surface area contributed by atoms with E-state index < -0.39 is 5.82 Å². The van der Waals surface area contributed by atoms with Crippen LogP contribution in [0.1, 0.15) is 48.3 Å². The molecule has 4 nitrogen and oxygen atoms in total. The minimum atomic E-state index is -0.430. The Hall–Kier alpha value is -2.37. The molecule has 30 heavy (non-hydrogen) atoms. The second kappa shape index (κ2) is 8.78. The molecule has 0 radical (unpaired) electrons. The van der Waals surface area contributed by atoms with Crippen molar-refractivity contribution in [2.24, 2.45) is 0 Å². The topological polar surface area (TPSA) is 46.9 Å². The van der Waals surface area contributed by atoms with Crippen LogP contribution in [0.5, 0.6) is 0 Å². The minimum Gasteiger partial charge on any atom is -0.348 e. The van der Waals surface area contributed by atoms with Crippen LogP contribution < -0.4 is 5.32 Å². The van der Waals surface area contributed by atoms with Gasteiger partial charge in [-0.05, 0) is 62.2 Å². The molecular formula is C23H22Cl2FN3O. The summed E-state index contributed by atoms with van der Waals surface area (Å²) in [7, 11) is 0. The van der Waals surface area contributed by atoms with Gasteiger partial charge in [0.05, 0.1) is 10.7 Å². The molecule has 1 aliphatic rings. The molecule has 0 saturated heterocycles. The van der Waals surface area contributed by atoms with E-state index in [-0.39, 0.29) is 17.0 Å². The minimum absolute atomic E-state index is 0.171. The van der Waals surface area contributed by atoms with Gasteiger partial charge in [-0.15, -0.1) is 0 Å². The Morgan fingerprint density at radius 1 is 1.10 bits per heavy atom. The van der Waals surface area contributed by atoms with Gasteiger partial charge in [0.15, 0.2) is 0 Å². The summed E-state index contributed by atoms with van der Waals surface area (Å²) < 4.78 is 15.5. The van der Waals surface area contributed by atoms with Crippen LogP contribution in [-0.2, 0) is 0 Å². The Kier molecular flexibility index (Phi) is 6.11. The van der Waals surface area contributed by atoms with Gasteiger partial charge in [0.25, 0.3) is 5.91 Å². The van der Waals surface area contributed by atoms with Gasteiger partial charge in [-0.1, -0.05) is 42.5 Å². The van der Waals surface area contributed by atoms with E-state index in [1.54, 1.807) is 18.2 Å². The smallest absolute Gasteiger partial charge is 0.272 e. The van der Waals surface area contributed by atoms with Crippen molar-refractivity contribution in [1.29, 1.82) is 0 Å². The van der Waals surface area contributed by atoms with Gasteiger partial charge in [0.2, 0.25) is 0 Å². The molecule has 1 amide bonds. The molecule has 4 rings (SSSR count). The van der Waals surface area contributed by atoms with Crippen LogP contribution in [0.25, 0.3) is 17.1 Å². The van der Waals surface area contributed by atoms with E-state index in [4.69, 9.17) is 23.2 Å². The van der Waals surface area contributed by atoms with E-state index in [1.807, 2.05) is 23.6 Å². The van der Waals surface area contributed by atoms with Crippen LogP contribution in [-0.4, -0.2) is 21.5 Å². The molecule has 0 unspecified atom stereocenters. The molecule has 1 heterocycles. The first-order chi connectivity index (χ1) is 14.4. The zero-order chi connectivity index (χ0) is 21.3. The number of nitrogens with zero attached hydrogens (tertiary/aromatic N) is 2. The van der Waals surface area contributed by atoms with Crippen LogP contribution in [0.4, 0.5) is 4.39 Å². The Balaban J connectivity index is 1.80. The molecular weight excluding hydrogens is 424 g/mol. The molecule has 1 aromatic heterocycles. The highest BCUT2D eigenvalue weighted by Gasteiger charge is 2.25. The number of hydrogen-bond acceptors (Lipinski definition) is 2. The lowest BCUT2D eigenvalue weighted by Gasteiger charge is -2.22. The number of imidazole rings is 1. The van der Waals surface area contributed by atoms with Crippen molar-refractivity contribution >= 4 is 29.1 Å². The highest BCUT2D eigenvalue weighted by atomic mass is 35.5. The largest absolute Gasteiger partial charge is 0.348 e. The highest BCUT2D eigenvalue weighted by molar-refractivity contribution is 6.33. The number of nitrogens with one attached hydrogen (secondary N) is 1. The zero-order valence-electron chi connectivity index (χ0n) is 16.6. The van der Waals surface area contributed by atoms with Gasteiger partial charge in [-0.2, -0.15) is 0 Å². The first-order valence-electron chi connectivity index (χ1n) is 10.1. The summed E-state index contributed by atoms with van der Waals surface area (Å²) in [6.45, 7) is 1.85. The lowest BCUT2D eigenvalue weighted by Crippen LogP contribution is -2.36. The van der Waals surface area contributed by atoms with E-state index in [9.17, 15) is 9.18 Å². The third-order valence-corrected chi connectivity index (χ3v) is 6.08. The van der Waals surface area contributed by atoms with Crippen molar-refractivity contribution in [2.45, 2.75) is 45.1 Å². The van der Waals surface area contributed by atoms with Crippen molar-refractivity contribution < 1.29 is 9.18 Å². The number of benzene rings is 2. The molecule has 3 aromatic rings. The van der Waals surface area contributed by atoms with Gasteiger partial charge in [0.1, 0.15) is 17.3 Å². The maximum absolute atomic E-state index is 13.6. The molecule has 1 saturated carbocycles. The van der Waals surface area contributed by atoms with Gasteiger partial charge >= 0.3 is 0 Å². The Morgan fingerprint density at radius 3 is 2.47 bits per heavy atom. The van der Waals surface area contributed by atoms with E-state index >= 15 is 0 Å². The Morgan fingerprint density at radius 2 is 1.80 bits per heavy atom. The van der Waals surface area contributed by atoms with Gasteiger partial charge in [-0.3, -0.25) is 9.36 Å². The normalized spacial score (nSPS) is 14.7. The summed E-state index contributed by atoms with van der Waals surface area (Å²) in [6, 6.07) is 11.6. The molecule has 0 aliphatic heterocycles. The molecule has 0 bridgehead atoms. The summed E-state index contributed by atoms with van der Waals surface area (Å²) in [5.41, 5.74) is 2.36. The SMILES string of the molecule is Cc1c(C(=O)NC2CCCCC2)nc(-c2ccc(F)cc2Cl)n1-c1ccc(Cl)cc1. The van der Waals surface area contributed by atoms with Crippen LogP contribution in [0.2, 0.25) is 10.0 Å². The quantitative estimate of drug-likeness (QED) is 0.507. The molecule has 1 fully saturated rings. The monoisotopic (exact) mass is 445 g/mol. The Labute approximate surface area is 185 Å². The lowest BCUT2D eigenvalue weighted by atomic mass is 9.95. The first kappa shape index (κ1) is 20.9. The van der Waals surface area contributed by atoms with E-state index in [2.05, 4.69) is 10.3 Å². The standard InChI is InChI=1S/C23H22Cl2FN3O/c1-14-21(23(30)27-17-5-3-2-4-6-17)28-22(19-12-9-16(26)13-20(19)25)29(14)18-10-7-15(24)8-11-18/h7-13,17H,2-6H2,1H3,(H,27,30). The second-order valence-electron chi connectivity index (χ2n) is 7.61. The number of carbonyl (C=O) groups excluding carboxylic acids is 1. The number of halogens is 3. The van der Waals surface area contributed by atoms with Crippen molar-refractivity contribution in [1.82, 2.24) is 14.9 Å². The summed E-state index contributed by atoms with van der Waals surface area (Å²) in [6.07, 6.45) is 5.43. The lowest BCUT2D eigenvalue weighted by molar-refractivity contribution is 0.0922. The molecule has 1 N–H and O–H groups in total.